The van der Waals surface area contributed by atoms with Crippen molar-refractivity contribution in [2.75, 3.05) is 20.1 Å². The van der Waals surface area contributed by atoms with E-state index in [-0.39, 0.29) is 12.2 Å². The van der Waals surface area contributed by atoms with Gasteiger partial charge in [-0.15, -0.1) is 5.10 Å². The van der Waals surface area contributed by atoms with Crippen molar-refractivity contribution >= 4 is 16.6 Å². The minimum atomic E-state index is -0.0763. The monoisotopic (exact) mass is 416 g/mol. The smallest absolute Gasteiger partial charge is 0.190 e. The molecular weight excluding hydrogens is 392 g/mol. The van der Waals surface area contributed by atoms with Crippen molar-refractivity contribution in [2.45, 2.75) is 25.3 Å². The normalized spacial score (nSPS) is 15.5. The molecule has 1 saturated heterocycles. The first-order chi connectivity index (χ1) is 15.0. The van der Waals surface area contributed by atoms with E-state index in [9.17, 15) is 4.79 Å². The molecule has 0 aliphatic carbocycles. The molecule has 0 N–H and O–H groups in total. The zero-order valence-corrected chi connectivity index (χ0v) is 17.6. The van der Waals surface area contributed by atoms with Crippen LogP contribution in [0.2, 0.25) is 0 Å². The van der Waals surface area contributed by atoms with Gasteiger partial charge in [0.15, 0.2) is 5.78 Å². The standard InChI is InChI=1S/C22H24N8O/c1-28-5-3-19(4-6-28)30-14-21(26-27-30)22(31)9-18-7-15-8-20(17-12-25-29(2)13-17)24-11-16(15)10-23-18/h7-8,10-14,19H,3-6,9H2,1-2H3. The maximum absolute atomic E-state index is 12.8. The summed E-state index contributed by atoms with van der Waals surface area (Å²) < 4.78 is 3.59. The van der Waals surface area contributed by atoms with E-state index in [0.29, 0.717) is 17.4 Å². The van der Waals surface area contributed by atoms with Gasteiger partial charge >= 0.3 is 0 Å². The molecule has 1 aliphatic heterocycles. The van der Waals surface area contributed by atoms with E-state index >= 15 is 0 Å². The third-order valence-corrected chi connectivity index (χ3v) is 5.86. The largest absolute Gasteiger partial charge is 0.306 e. The fourth-order valence-electron chi connectivity index (χ4n) is 3.99. The first kappa shape index (κ1) is 19.5. The Balaban J connectivity index is 1.33. The number of ketones is 1. The summed E-state index contributed by atoms with van der Waals surface area (Å²) in [5.41, 5.74) is 2.88. The molecule has 9 nitrogen and oxygen atoms in total. The summed E-state index contributed by atoms with van der Waals surface area (Å²) >= 11 is 0. The highest BCUT2D eigenvalue weighted by molar-refractivity contribution is 5.95. The summed E-state index contributed by atoms with van der Waals surface area (Å²) in [5.74, 6) is -0.0763. The summed E-state index contributed by atoms with van der Waals surface area (Å²) in [6, 6.07) is 4.25. The second-order valence-corrected chi connectivity index (χ2v) is 8.21. The Morgan fingerprint density at radius 3 is 2.61 bits per heavy atom. The zero-order chi connectivity index (χ0) is 21.4. The van der Waals surface area contributed by atoms with Crippen molar-refractivity contribution in [1.29, 1.82) is 0 Å². The molecule has 0 atom stereocenters. The van der Waals surface area contributed by atoms with Gasteiger partial charge in [-0.25, -0.2) is 4.68 Å². The molecule has 5 rings (SSSR count). The minimum absolute atomic E-state index is 0.0763. The number of carbonyl (C=O) groups excluding carboxylic acids is 1. The van der Waals surface area contributed by atoms with Gasteiger partial charge in [-0.1, -0.05) is 5.21 Å². The van der Waals surface area contributed by atoms with Crippen molar-refractivity contribution in [3.05, 3.63) is 54.5 Å². The Kier molecular flexibility index (Phi) is 5.03. The topological polar surface area (TPSA) is 94.6 Å². The molecule has 158 valence electrons. The van der Waals surface area contributed by atoms with Crippen LogP contribution < -0.4 is 0 Å². The van der Waals surface area contributed by atoms with E-state index in [1.54, 1.807) is 29.5 Å². The number of Topliss-reactive ketones (excluding diaryl/α,β-unsaturated/α-hetero) is 1. The summed E-state index contributed by atoms with van der Waals surface area (Å²) in [4.78, 5) is 24.0. The average Bonchev–Trinajstić information content (AvgIpc) is 3.43. The Hall–Kier alpha value is -3.46. The lowest BCUT2D eigenvalue weighted by Crippen LogP contribution is -2.31. The van der Waals surface area contributed by atoms with Crippen molar-refractivity contribution < 1.29 is 4.79 Å². The number of rotatable bonds is 5. The van der Waals surface area contributed by atoms with Crippen LogP contribution in [0.25, 0.3) is 22.0 Å². The molecule has 0 radical (unpaired) electrons. The van der Waals surface area contributed by atoms with Crippen LogP contribution >= 0.6 is 0 Å². The molecule has 9 heteroatoms. The van der Waals surface area contributed by atoms with E-state index in [1.165, 1.54) is 0 Å². The second kappa shape index (κ2) is 7.99. The fourth-order valence-corrected chi connectivity index (χ4v) is 3.99. The van der Waals surface area contributed by atoms with E-state index in [0.717, 1.165) is 48.0 Å². The molecule has 4 aromatic rings. The molecule has 0 bridgehead atoms. The van der Waals surface area contributed by atoms with Gasteiger partial charge in [-0.3, -0.25) is 19.4 Å². The van der Waals surface area contributed by atoms with Gasteiger partial charge in [0.25, 0.3) is 0 Å². The molecule has 0 amide bonds. The Labute approximate surface area is 179 Å². The van der Waals surface area contributed by atoms with Gasteiger partial charge in [0.1, 0.15) is 5.69 Å². The highest BCUT2D eigenvalue weighted by Gasteiger charge is 2.21. The van der Waals surface area contributed by atoms with E-state index < -0.39 is 0 Å². The van der Waals surface area contributed by atoms with Crippen LogP contribution in [0.1, 0.15) is 35.1 Å². The maximum Gasteiger partial charge on any atom is 0.190 e. The predicted molar refractivity (Wildman–Crippen MR) is 116 cm³/mol. The number of aryl methyl sites for hydroxylation is 1. The Bertz CT molecular complexity index is 1240. The van der Waals surface area contributed by atoms with Gasteiger partial charge < -0.3 is 4.90 Å². The quantitative estimate of drug-likeness (QED) is 0.461. The van der Waals surface area contributed by atoms with Crippen LogP contribution in [0.4, 0.5) is 0 Å². The lowest BCUT2D eigenvalue weighted by atomic mass is 10.1. The molecule has 0 unspecified atom stereocenters. The summed E-state index contributed by atoms with van der Waals surface area (Å²) in [6.45, 7) is 2.06. The molecule has 4 aromatic heterocycles. The van der Waals surface area contributed by atoms with Crippen LogP contribution in [-0.4, -0.2) is 65.6 Å². The van der Waals surface area contributed by atoms with Gasteiger partial charge in [0.05, 0.1) is 30.6 Å². The highest BCUT2D eigenvalue weighted by atomic mass is 16.1. The van der Waals surface area contributed by atoms with E-state index in [1.807, 2.05) is 30.1 Å². The molecule has 1 aliphatic rings. The number of piperidine rings is 1. The Morgan fingerprint density at radius 2 is 1.84 bits per heavy atom. The molecule has 0 saturated carbocycles. The van der Waals surface area contributed by atoms with Crippen LogP contribution in [0, 0.1) is 0 Å². The minimum Gasteiger partial charge on any atom is -0.306 e. The first-order valence-electron chi connectivity index (χ1n) is 10.4. The summed E-state index contributed by atoms with van der Waals surface area (Å²) in [6.07, 6.45) is 11.3. The van der Waals surface area contributed by atoms with Gasteiger partial charge in [-0.05, 0) is 50.5 Å². The van der Waals surface area contributed by atoms with Crippen LogP contribution in [0.3, 0.4) is 0 Å². The van der Waals surface area contributed by atoms with Crippen molar-refractivity contribution in [3.8, 4) is 11.3 Å². The first-order valence-corrected chi connectivity index (χ1v) is 10.4. The molecule has 5 heterocycles. The number of fused-ring (bicyclic) bond motifs is 1. The lowest BCUT2D eigenvalue weighted by molar-refractivity contribution is 0.0987. The lowest BCUT2D eigenvalue weighted by Gasteiger charge is -2.28. The molecule has 0 spiro atoms. The van der Waals surface area contributed by atoms with Gasteiger partial charge in [0.2, 0.25) is 0 Å². The number of likely N-dealkylation sites (tertiary alicyclic amines) is 1. The fraction of sp³-hybridized carbons (Fsp3) is 0.364. The van der Waals surface area contributed by atoms with Crippen molar-refractivity contribution in [3.63, 3.8) is 0 Å². The number of aromatic nitrogens is 7. The molecular formula is C22H24N8O. The number of nitrogens with zero attached hydrogens (tertiary/aromatic N) is 8. The van der Waals surface area contributed by atoms with Crippen LogP contribution in [0.5, 0.6) is 0 Å². The van der Waals surface area contributed by atoms with Crippen molar-refractivity contribution in [1.82, 2.24) is 39.6 Å². The third kappa shape index (κ3) is 4.09. The zero-order valence-electron chi connectivity index (χ0n) is 17.6. The maximum atomic E-state index is 12.8. The average molecular weight is 416 g/mol. The molecule has 1 fully saturated rings. The van der Waals surface area contributed by atoms with Crippen LogP contribution in [0.15, 0.2) is 43.1 Å². The second-order valence-electron chi connectivity index (χ2n) is 8.21. The van der Waals surface area contributed by atoms with Crippen molar-refractivity contribution in [2.24, 2.45) is 7.05 Å². The third-order valence-electron chi connectivity index (χ3n) is 5.86. The Morgan fingerprint density at radius 1 is 1.03 bits per heavy atom. The van der Waals surface area contributed by atoms with Gasteiger partial charge in [0, 0.05) is 42.3 Å². The van der Waals surface area contributed by atoms with E-state index in [4.69, 9.17) is 0 Å². The molecule has 31 heavy (non-hydrogen) atoms. The number of carbonyl (C=O) groups is 1. The number of pyridine rings is 2. The van der Waals surface area contributed by atoms with Crippen LogP contribution in [-0.2, 0) is 13.5 Å². The van der Waals surface area contributed by atoms with E-state index in [2.05, 4.69) is 37.3 Å². The van der Waals surface area contributed by atoms with Gasteiger partial charge in [-0.2, -0.15) is 5.10 Å². The SMILES string of the molecule is CN1CCC(n2cc(C(=O)Cc3cc4cc(-c5cnn(C)c5)ncc4cn3)nn2)CC1. The predicted octanol–water partition coefficient (Wildman–Crippen LogP) is 2.31. The summed E-state index contributed by atoms with van der Waals surface area (Å²) in [5, 5.41) is 14.5. The molecule has 0 aromatic carbocycles. The number of hydrogen-bond acceptors (Lipinski definition) is 7. The highest BCUT2D eigenvalue weighted by Crippen LogP contribution is 2.23. The summed E-state index contributed by atoms with van der Waals surface area (Å²) in [7, 11) is 4.00. The number of hydrogen-bond donors (Lipinski definition) is 0.